The van der Waals surface area contributed by atoms with E-state index in [4.69, 9.17) is 19.2 Å². The van der Waals surface area contributed by atoms with E-state index in [-0.39, 0.29) is 5.56 Å². The zero-order valence-electron chi connectivity index (χ0n) is 18.0. The molecule has 0 fully saturated rings. The van der Waals surface area contributed by atoms with Gasteiger partial charge in [-0.3, -0.25) is 4.79 Å². The van der Waals surface area contributed by atoms with Gasteiger partial charge in [-0.1, -0.05) is 15.9 Å². The molecule has 1 heterocycles. The first-order chi connectivity index (χ1) is 15.9. The number of nitrogens with zero attached hydrogens (tertiary/aromatic N) is 3. The van der Waals surface area contributed by atoms with Gasteiger partial charge in [0.2, 0.25) is 0 Å². The summed E-state index contributed by atoms with van der Waals surface area (Å²) in [7, 11) is 4.72. The number of hydrogen-bond acceptors (Lipinski definition) is 6. The van der Waals surface area contributed by atoms with Gasteiger partial charge in [0, 0.05) is 10.0 Å². The van der Waals surface area contributed by atoms with Crippen molar-refractivity contribution in [3.63, 3.8) is 0 Å². The van der Waals surface area contributed by atoms with Crippen LogP contribution in [0.5, 0.6) is 17.2 Å². The molecule has 0 aliphatic rings. The van der Waals surface area contributed by atoms with Crippen LogP contribution in [0.25, 0.3) is 22.3 Å². The van der Waals surface area contributed by atoms with Crippen molar-refractivity contribution in [2.45, 2.75) is 0 Å². The molecule has 0 atom stereocenters. The van der Waals surface area contributed by atoms with Crippen molar-refractivity contribution in [3.8, 4) is 28.6 Å². The molecule has 0 unspecified atom stereocenters. The molecule has 1 aromatic heterocycles. The van der Waals surface area contributed by atoms with E-state index in [0.29, 0.717) is 39.5 Å². The van der Waals surface area contributed by atoms with Gasteiger partial charge < -0.3 is 14.2 Å². The summed E-state index contributed by atoms with van der Waals surface area (Å²) in [5.41, 5.74) is 1.70. The molecule has 3 aromatic carbocycles. The number of methoxy groups -OCH3 is 3. The Morgan fingerprint density at radius 1 is 0.879 bits per heavy atom. The van der Waals surface area contributed by atoms with Gasteiger partial charge in [0.05, 0.1) is 42.9 Å². The smallest absolute Gasteiger partial charge is 0.282 e. The zero-order chi connectivity index (χ0) is 23.5. The number of hydrogen-bond donors (Lipinski definition) is 0. The SMILES string of the molecule is COc1ccc(C=Nn2c(-c3ccc(OC)c(OC)c3)nc3ccc(Br)cc3c2=O)cc1Br. The van der Waals surface area contributed by atoms with Gasteiger partial charge >= 0.3 is 0 Å². The van der Waals surface area contributed by atoms with Crippen LogP contribution in [-0.4, -0.2) is 37.2 Å². The zero-order valence-corrected chi connectivity index (χ0v) is 21.2. The average Bonchev–Trinajstić information content (AvgIpc) is 2.83. The third-order valence-corrected chi connectivity index (χ3v) is 6.06. The normalized spacial score (nSPS) is 11.2. The van der Waals surface area contributed by atoms with Gasteiger partial charge in [-0.05, 0) is 76.1 Å². The summed E-state index contributed by atoms with van der Waals surface area (Å²) in [6.45, 7) is 0. The van der Waals surface area contributed by atoms with Gasteiger partial charge in [-0.25, -0.2) is 4.98 Å². The Morgan fingerprint density at radius 3 is 2.30 bits per heavy atom. The van der Waals surface area contributed by atoms with Crippen LogP contribution >= 0.6 is 31.9 Å². The molecule has 0 saturated carbocycles. The summed E-state index contributed by atoms with van der Waals surface area (Å²) >= 11 is 6.90. The Bertz CT molecular complexity index is 1430. The van der Waals surface area contributed by atoms with Crippen LogP contribution in [0.15, 0.2) is 73.4 Å². The van der Waals surface area contributed by atoms with Crippen LogP contribution in [-0.2, 0) is 0 Å². The fourth-order valence-corrected chi connectivity index (χ4v) is 4.22. The first-order valence-electron chi connectivity index (χ1n) is 9.77. The number of benzene rings is 3. The highest BCUT2D eigenvalue weighted by molar-refractivity contribution is 9.10. The molecule has 7 nitrogen and oxygen atoms in total. The lowest BCUT2D eigenvalue weighted by Gasteiger charge is -2.12. The maximum atomic E-state index is 13.4. The molecular formula is C24H19Br2N3O4. The average molecular weight is 573 g/mol. The molecule has 0 saturated heterocycles. The van der Waals surface area contributed by atoms with Crippen molar-refractivity contribution < 1.29 is 14.2 Å². The minimum atomic E-state index is -0.296. The summed E-state index contributed by atoms with van der Waals surface area (Å²) in [4.78, 5) is 18.2. The summed E-state index contributed by atoms with van der Waals surface area (Å²) in [5, 5.41) is 4.94. The van der Waals surface area contributed by atoms with Crippen LogP contribution in [0.2, 0.25) is 0 Å². The largest absolute Gasteiger partial charge is 0.496 e. The number of ether oxygens (including phenoxy) is 3. The van der Waals surface area contributed by atoms with Crippen molar-refractivity contribution in [2.24, 2.45) is 5.10 Å². The Labute approximate surface area is 206 Å². The molecule has 0 N–H and O–H groups in total. The maximum absolute atomic E-state index is 13.4. The van der Waals surface area contributed by atoms with Crippen molar-refractivity contribution in [3.05, 3.63) is 79.5 Å². The van der Waals surface area contributed by atoms with E-state index in [1.807, 2.05) is 30.3 Å². The molecule has 0 radical (unpaired) electrons. The Morgan fingerprint density at radius 2 is 1.61 bits per heavy atom. The highest BCUT2D eigenvalue weighted by atomic mass is 79.9. The lowest BCUT2D eigenvalue weighted by molar-refractivity contribution is 0.355. The Kier molecular flexibility index (Phi) is 6.80. The minimum Gasteiger partial charge on any atom is -0.496 e. The molecule has 4 aromatic rings. The van der Waals surface area contributed by atoms with E-state index in [9.17, 15) is 4.79 Å². The number of fused-ring (bicyclic) bond motifs is 1. The summed E-state index contributed by atoms with van der Waals surface area (Å²) < 4.78 is 18.9. The van der Waals surface area contributed by atoms with E-state index in [2.05, 4.69) is 37.0 Å². The molecule has 0 spiro atoms. The van der Waals surface area contributed by atoms with Gasteiger partial charge in [0.15, 0.2) is 17.3 Å². The minimum absolute atomic E-state index is 0.296. The standard InChI is InChI=1S/C24H19Br2N3O4/c1-31-20-8-4-14(10-18(20)26)13-27-29-23(15-5-9-21(32-2)22(11-15)33-3)28-19-7-6-16(25)12-17(19)24(29)30/h4-13H,1-3H3. The Hall–Kier alpha value is -3.17. The van der Waals surface area contributed by atoms with Crippen molar-refractivity contribution in [1.82, 2.24) is 9.66 Å². The molecule has 0 bridgehead atoms. The fourth-order valence-electron chi connectivity index (χ4n) is 3.31. The predicted molar refractivity (Wildman–Crippen MR) is 136 cm³/mol. The molecule has 0 aliphatic heterocycles. The topological polar surface area (TPSA) is 74.9 Å². The quantitative estimate of drug-likeness (QED) is 0.285. The predicted octanol–water partition coefficient (Wildman–Crippen LogP) is 5.50. The van der Waals surface area contributed by atoms with Gasteiger partial charge in [-0.15, -0.1) is 0 Å². The second-order valence-corrected chi connectivity index (χ2v) is 8.69. The molecule has 0 amide bonds. The first kappa shape index (κ1) is 23.0. The molecule has 9 heteroatoms. The lowest BCUT2D eigenvalue weighted by atomic mass is 10.1. The first-order valence-corrected chi connectivity index (χ1v) is 11.4. The maximum Gasteiger partial charge on any atom is 0.282 e. The van der Waals surface area contributed by atoms with Crippen molar-refractivity contribution in [1.29, 1.82) is 0 Å². The van der Waals surface area contributed by atoms with Gasteiger partial charge in [0.25, 0.3) is 5.56 Å². The monoisotopic (exact) mass is 571 g/mol. The van der Waals surface area contributed by atoms with E-state index in [0.717, 1.165) is 14.5 Å². The third kappa shape index (κ3) is 4.65. The molecule has 4 rings (SSSR count). The summed E-state index contributed by atoms with van der Waals surface area (Å²) in [6, 6.07) is 16.2. The molecule has 168 valence electrons. The highest BCUT2D eigenvalue weighted by Gasteiger charge is 2.15. The molecule has 0 aliphatic carbocycles. The third-order valence-electron chi connectivity index (χ3n) is 4.95. The van der Waals surface area contributed by atoms with Crippen molar-refractivity contribution >= 4 is 49.0 Å². The van der Waals surface area contributed by atoms with Crippen LogP contribution in [0, 0.1) is 0 Å². The fraction of sp³-hybridized carbons (Fsp3) is 0.125. The van der Waals surface area contributed by atoms with E-state index in [1.54, 1.807) is 51.8 Å². The molecular weight excluding hydrogens is 554 g/mol. The second-order valence-electron chi connectivity index (χ2n) is 6.92. The van der Waals surface area contributed by atoms with Crippen molar-refractivity contribution in [2.75, 3.05) is 21.3 Å². The number of rotatable bonds is 6. The Balaban J connectivity index is 1.92. The number of halogens is 2. The highest BCUT2D eigenvalue weighted by Crippen LogP contribution is 2.32. The van der Waals surface area contributed by atoms with Crippen LogP contribution < -0.4 is 19.8 Å². The van der Waals surface area contributed by atoms with Gasteiger partial charge in [-0.2, -0.15) is 9.78 Å². The van der Waals surface area contributed by atoms with E-state index >= 15 is 0 Å². The van der Waals surface area contributed by atoms with Crippen LogP contribution in [0.3, 0.4) is 0 Å². The summed E-state index contributed by atoms with van der Waals surface area (Å²) in [6.07, 6.45) is 1.60. The van der Waals surface area contributed by atoms with Gasteiger partial charge in [0.1, 0.15) is 5.75 Å². The second kappa shape index (κ2) is 9.76. The number of aromatic nitrogens is 2. The van der Waals surface area contributed by atoms with E-state index < -0.39 is 0 Å². The summed E-state index contributed by atoms with van der Waals surface area (Å²) in [5.74, 6) is 2.17. The van der Waals surface area contributed by atoms with Crippen LogP contribution in [0.1, 0.15) is 5.56 Å². The van der Waals surface area contributed by atoms with Crippen LogP contribution in [0.4, 0.5) is 0 Å². The molecule has 33 heavy (non-hydrogen) atoms. The lowest BCUT2D eigenvalue weighted by Crippen LogP contribution is -2.20. The van der Waals surface area contributed by atoms with E-state index in [1.165, 1.54) is 4.68 Å².